The van der Waals surface area contributed by atoms with Gasteiger partial charge in [0.2, 0.25) is 0 Å². The summed E-state index contributed by atoms with van der Waals surface area (Å²) in [5.74, 6) is 0.977. The highest BCUT2D eigenvalue weighted by atomic mass is 16.5. The Labute approximate surface area is 80.7 Å². The normalized spacial score (nSPS) is 18.7. The van der Waals surface area contributed by atoms with Crippen LogP contribution in [0.4, 0.5) is 0 Å². The fraction of sp³-hybridized carbons (Fsp3) is 0.818. The van der Waals surface area contributed by atoms with Gasteiger partial charge in [0, 0.05) is 0 Å². The highest BCUT2D eigenvalue weighted by Gasteiger charge is 2.23. The SMILES string of the molecule is CCCCCC[C]1CCCOC1=O. The maximum Gasteiger partial charge on any atom is 0.313 e. The second kappa shape index (κ2) is 6.01. The second-order valence-electron chi connectivity index (χ2n) is 3.65. The van der Waals surface area contributed by atoms with Gasteiger partial charge in [-0.05, 0) is 19.3 Å². The molecule has 0 atom stereocenters. The third-order valence-corrected chi connectivity index (χ3v) is 2.48. The largest absolute Gasteiger partial charge is 0.465 e. The number of rotatable bonds is 5. The summed E-state index contributed by atoms with van der Waals surface area (Å²) in [6, 6.07) is 0. The van der Waals surface area contributed by atoms with Crippen molar-refractivity contribution >= 4 is 5.97 Å². The zero-order valence-corrected chi connectivity index (χ0v) is 8.47. The first-order valence-electron chi connectivity index (χ1n) is 5.36. The molecule has 1 fully saturated rings. The first kappa shape index (κ1) is 10.6. The third kappa shape index (κ3) is 3.79. The van der Waals surface area contributed by atoms with Crippen LogP contribution in [0.1, 0.15) is 51.9 Å². The van der Waals surface area contributed by atoms with Gasteiger partial charge in [0.15, 0.2) is 0 Å². The molecule has 0 spiro atoms. The first-order valence-corrected chi connectivity index (χ1v) is 5.36. The molecule has 0 unspecified atom stereocenters. The number of hydrogen-bond donors (Lipinski definition) is 0. The van der Waals surface area contributed by atoms with Crippen molar-refractivity contribution in [2.45, 2.75) is 51.9 Å². The lowest BCUT2D eigenvalue weighted by Crippen LogP contribution is -2.22. The van der Waals surface area contributed by atoms with Gasteiger partial charge in [-0.1, -0.05) is 32.6 Å². The summed E-state index contributed by atoms with van der Waals surface area (Å²) in [7, 11) is 0. The lowest BCUT2D eigenvalue weighted by atomic mass is 9.95. The Hall–Kier alpha value is -0.530. The number of cyclic esters (lactones) is 1. The van der Waals surface area contributed by atoms with E-state index in [1.807, 2.05) is 0 Å². The lowest BCUT2D eigenvalue weighted by molar-refractivity contribution is -0.144. The van der Waals surface area contributed by atoms with E-state index in [-0.39, 0.29) is 5.97 Å². The molecule has 2 heteroatoms. The van der Waals surface area contributed by atoms with Crippen LogP contribution in [0.2, 0.25) is 0 Å². The highest BCUT2D eigenvalue weighted by Crippen LogP contribution is 2.23. The minimum absolute atomic E-state index is 0.0391. The summed E-state index contributed by atoms with van der Waals surface area (Å²) in [5.41, 5.74) is 0. The molecule has 0 aliphatic carbocycles. The maximum absolute atomic E-state index is 11.2. The molecule has 0 bridgehead atoms. The molecule has 75 valence electrons. The van der Waals surface area contributed by atoms with E-state index in [0.29, 0.717) is 6.61 Å². The van der Waals surface area contributed by atoms with Crippen LogP contribution in [-0.2, 0) is 9.53 Å². The molecule has 1 rings (SSSR count). The molecule has 1 heterocycles. The Kier molecular flexibility index (Phi) is 4.87. The number of carbonyl (C=O) groups is 1. The van der Waals surface area contributed by atoms with Crippen LogP contribution in [-0.4, -0.2) is 12.6 Å². The Morgan fingerprint density at radius 3 is 2.85 bits per heavy atom. The molecule has 1 radical (unpaired) electrons. The number of carbonyl (C=O) groups excluding carboxylic acids is 1. The molecule has 1 saturated heterocycles. The molecule has 2 nitrogen and oxygen atoms in total. The summed E-state index contributed by atoms with van der Waals surface area (Å²) in [4.78, 5) is 11.2. The zero-order chi connectivity index (χ0) is 9.52. The molecule has 0 N–H and O–H groups in total. The lowest BCUT2D eigenvalue weighted by Gasteiger charge is -2.19. The van der Waals surface area contributed by atoms with Gasteiger partial charge in [-0.15, -0.1) is 0 Å². The molecule has 1 aliphatic heterocycles. The smallest absolute Gasteiger partial charge is 0.313 e. The van der Waals surface area contributed by atoms with Crippen molar-refractivity contribution in [3.8, 4) is 0 Å². The predicted molar refractivity (Wildman–Crippen MR) is 52.2 cm³/mol. The number of unbranched alkanes of at least 4 members (excludes halogenated alkanes) is 3. The van der Waals surface area contributed by atoms with Gasteiger partial charge in [0.05, 0.1) is 12.5 Å². The van der Waals surface area contributed by atoms with Gasteiger partial charge in [-0.2, -0.15) is 0 Å². The van der Waals surface area contributed by atoms with E-state index in [4.69, 9.17) is 4.74 Å². The van der Waals surface area contributed by atoms with Crippen LogP contribution in [0.15, 0.2) is 0 Å². The molecule has 0 aromatic rings. The van der Waals surface area contributed by atoms with E-state index in [1.165, 1.54) is 19.3 Å². The fourth-order valence-electron chi connectivity index (χ4n) is 1.65. The van der Waals surface area contributed by atoms with Gasteiger partial charge in [0.25, 0.3) is 0 Å². The maximum atomic E-state index is 11.2. The van der Waals surface area contributed by atoms with Crippen molar-refractivity contribution < 1.29 is 9.53 Å². The summed E-state index contributed by atoms with van der Waals surface area (Å²) in [6.07, 6.45) is 7.87. The Morgan fingerprint density at radius 2 is 2.15 bits per heavy atom. The van der Waals surface area contributed by atoms with E-state index in [0.717, 1.165) is 31.6 Å². The first-order chi connectivity index (χ1) is 6.34. The monoisotopic (exact) mass is 183 g/mol. The summed E-state index contributed by atoms with van der Waals surface area (Å²) in [5, 5.41) is 0. The molecule has 13 heavy (non-hydrogen) atoms. The Morgan fingerprint density at radius 1 is 1.31 bits per heavy atom. The molecule has 1 aliphatic rings. The van der Waals surface area contributed by atoms with Gasteiger partial charge in [0.1, 0.15) is 0 Å². The van der Waals surface area contributed by atoms with Crippen LogP contribution < -0.4 is 0 Å². The fourth-order valence-corrected chi connectivity index (χ4v) is 1.65. The topological polar surface area (TPSA) is 26.3 Å². The molecular weight excluding hydrogens is 164 g/mol. The number of ether oxygens (including phenoxy) is 1. The van der Waals surface area contributed by atoms with E-state index >= 15 is 0 Å². The van der Waals surface area contributed by atoms with Crippen molar-refractivity contribution in [2.24, 2.45) is 0 Å². The van der Waals surface area contributed by atoms with Crippen LogP contribution in [0, 0.1) is 5.92 Å². The van der Waals surface area contributed by atoms with Crippen molar-refractivity contribution in [3.05, 3.63) is 5.92 Å². The summed E-state index contributed by atoms with van der Waals surface area (Å²) >= 11 is 0. The van der Waals surface area contributed by atoms with Gasteiger partial charge < -0.3 is 4.74 Å². The van der Waals surface area contributed by atoms with Crippen molar-refractivity contribution in [1.29, 1.82) is 0 Å². The molecule has 0 aromatic heterocycles. The molecule has 0 amide bonds. The van der Waals surface area contributed by atoms with Gasteiger partial charge >= 0.3 is 5.97 Å². The predicted octanol–water partition coefficient (Wildman–Crippen LogP) is 2.87. The van der Waals surface area contributed by atoms with Crippen LogP contribution >= 0.6 is 0 Å². The summed E-state index contributed by atoms with van der Waals surface area (Å²) in [6.45, 7) is 2.82. The molecular formula is C11H19O2. The molecule has 0 saturated carbocycles. The average molecular weight is 183 g/mol. The van der Waals surface area contributed by atoms with E-state index in [9.17, 15) is 4.79 Å². The Bertz CT molecular complexity index is 154. The van der Waals surface area contributed by atoms with Crippen molar-refractivity contribution in [1.82, 2.24) is 0 Å². The van der Waals surface area contributed by atoms with Crippen LogP contribution in [0.5, 0.6) is 0 Å². The summed E-state index contributed by atoms with van der Waals surface area (Å²) < 4.78 is 4.97. The minimum Gasteiger partial charge on any atom is -0.465 e. The minimum atomic E-state index is -0.0391. The van der Waals surface area contributed by atoms with Crippen LogP contribution in [0.25, 0.3) is 0 Å². The number of esters is 1. The molecule has 0 aromatic carbocycles. The van der Waals surface area contributed by atoms with Crippen LogP contribution in [0.3, 0.4) is 0 Å². The van der Waals surface area contributed by atoms with E-state index in [2.05, 4.69) is 6.92 Å². The van der Waals surface area contributed by atoms with Crippen molar-refractivity contribution in [3.63, 3.8) is 0 Å². The second-order valence-corrected chi connectivity index (χ2v) is 3.65. The van der Waals surface area contributed by atoms with Gasteiger partial charge in [-0.3, -0.25) is 4.79 Å². The number of hydrogen-bond acceptors (Lipinski definition) is 2. The highest BCUT2D eigenvalue weighted by molar-refractivity contribution is 5.85. The standard InChI is InChI=1S/C11H19O2/c1-2-3-4-5-7-10-8-6-9-13-11(10)12/h2-9H2,1H3. The zero-order valence-electron chi connectivity index (χ0n) is 8.47. The van der Waals surface area contributed by atoms with Crippen molar-refractivity contribution in [2.75, 3.05) is 6.61 Å². The van der Waals surface area contributed by atoms with E-state index < -0.39 is 0 Å². The Balaban J connectivity index is 2.08. The average Bonchev–Trinajstić information content (AvgIpc) is 2.15. The van der Waals surface area contributed by atoms with Gasteiger partial charge in [-0.25, -0.2) is 0 Å². The third-order valence-electron chi connectivity index (χ3n) is 2.48. The van der Waals surface area contributed by atoms with E-state index in [1.54, 1.807) is 0 Å². The quantitative estimate of drug-likeness (QED) is 0.484.